The summed E-state index contributed by atoms with van der Waals surface area (Å²) in [6.07, 6.45) is -7.13. The van der Waals surface area contributed by atoms with Gasteiger partial charge in [0.25, 0.3) is 5.92 Å². The van der Waals surface area contributed by atoms with Gasteiger partial charge >= 0.3 is 12.1 Å². The van der Waals surface area contributed by atoms with Crippen LogP contribution in [0.25, 0.3) is 0 Å². The topological polar surface area (TPSA) is 49.3 Å². The van der Waals surface area contributed by atoms with Crippen molar-refractivity contribution in [3.05, 3.63) is 71.5 Å². The van der Waals surface area contributed by atoms with E-state index in [9.17, 15) is 36.2 Å². The number of alkyl halides is 5. The maximum atomic E-state index is 14.3. The first-order chi connectivity index (χ1) is 13.0. The third-order valence-corrected chi connectivity index (χ3v) is 4.00. The van der Waals surface area contributed by atoms with Gasteiger partial charge in [-0.3, -0.25) is 10.1 Å². The van der Waals surface area contributed by atoms with E-state index in [1.807, 2.05) is 0 Å². The highest BCUT2D eigenvalue weighted by atomic mass is 19.4. The van der Waals surface area contributed by atoms with Crippen molar-refractivity contribution in [1.29, 1.82) is 0 Å². The Morgan fingerprint density at radius 1 is 0.964 bits per heavy atom. The summed E-state index contributed by atoms with van der Waals surface area (Å²) in [6.45, 7) is 0. The second kappa shape index (κ2) is 8.64. The lowest BCUT2D eigenvalue weighted by Gasteiger charge is -2.28. The maximum absolute atomic E-state index is 14.3. The molecule has 2 aromatic carbocycles. The Kier molecular flexibility index (Phi) is 6.71. The molecule has 0 heterocycles. The standard InChI is InChI=1S/C19H17F6NO2/c20-14-8-6-13(7-9-14)16(19(23,24)25)26-15(17(27)28)11-18(21,22)10-12-4-2-1-3-5-12/h1-9,15-16,26H,10-11H2,(H,27,28)/t15-,16-/m0/s1. The Hall–Kier alpha value is -2.55. The van der Waals surface area contributed by atoms with E-state index in [-0.39, 0.29) is 5.56 Å². The van der Waals surface area contributed by atoms with E-state index in [0.717, 1.165) is 24.3 Å². The fraction of sp³-hybridized carbons (Fsp3) is 0.316. The van der Waals surface area contributed by atoms with Gasteiger partial charge in [0, 0.05) is 12.8 Å². The largest absolute Gasteiger partial charge is 0.480 e. The zero-order valence-electron chi connectivity index (χ0n) is 14.4. The number of carboxylic acids is 1. The molecule has 0 amide bonds. The maximum Gasteiger partial charge on any atom is 0.407 e. The van der Waals surface area contributed by atoms with E-state index in [2.05, 4.69) is 0 Å². The van der Waals surface area contributed by atoms with Gasteiger partial charge < -0.3 is 5.11 Å². The molecule has 0 unspecified atom stereocenters. The summed E-state index contributed by atoms with van der Waals surface area (Å²) in [5.41, 5.74) is -0.255. The van der Waals surface area contributed by atoms with E-state index in [1.165, 1.54) is 24.3 Å². The van der Waals surface area contributed by atoms with Crippen molar-refractivity contribution in [3.8, 4) is 0 Å². The van der Waals surface area contributed by atoms with Crippen molar-refractivity contribution in [2.45, 2.75) is 37.0 Å². The number of halogens is 6. The third-order valence-electron chi connectivity index (χ3n) is 4.00. The van der Waals surface area contributed by atoms with Gasteiger partial charge in [0.2, 0.25) is 0 Å². The van der Waals surface area contributed by atoms with Gasteiger partial charge in [-0.2, -0.15) is 13.2 Å². The fourth-order valence-electron chi connectivity index (χ4n) is 2.72. The Labute approximate surface area is 157 Å². The predicted octanol–water partition coefficient (Wildman–Crippen LogP) is 4.74. The Bertz CT molecular complexity index is 777. The summed E-state index contributed by atoms with van der Waals surface area (Å²) in [5.74, 6) is -6.19. The molecule has 0 radical (unpaired) electrons. The Balaban J connectivity index is 2.21. The number of nitrogens with one attached hydrogen (secondary N) is 1. The molecule has 3 nitrogen and oxygen atoms in total. The molecule has 2 rings (SSSR count). The van der Waals surface area contributed by atoms with Crippen LogP contribution in [0.4, 0.5) is 26.3 Å². The van der Waals surface area contributed by atoms with E-state index < -0.39 is 54.4 Å². The van der Waals surface area contributed by atoms with Crippen molar-refractivity contribution >= 4 is 5.97 Å². The van der Waals surface area contributed by atoms with Crippen molar-refractivity contribution in [2.24, 2.45) is 0 Å². The lowest BCUT2D eigenvalue weighted by Crippen LogP contribution is -2.47. The van der Waals surface area contributed by atoms with Gasteiger partial charge in [0.05, 0.1) is 0 Å². The van der Waals surface area contributed by atoms with Crippen molar-refractivity contribution in [3.63, 3.8) is 0 Å². The number of carbonyl (C=O) groups is 1. The molecule has 2 aromatic rings. The summed E-state index contributed by atoms with van der Waals surface area (Å²) in [4.78, 5) is 11.4. The van der Waals surface area contributed by atoms with Crippen LogP contribution in [-0.4, -0.2) is 29.2 Å². The minimum absolute atomic E-state index is 0.225. The fourth-order valence-corrected chi connectivity index (χ4v) is 2.72. The van der Waals surface area contributed by atoms with Gasteiger partial charge in [0.1, 0.15) is 17.9 Å². The lowest BCUT2D eigenvalue weighted by molar-refractivity contribution is -0.166. The molecule has 0 aliphatic rings. The van der Waals surface area contributed by atoms with Crippen molar-refractivity contribution in [2.75, 3.05) is 0 Å². The monoisotopic (exact) mass is 405 g/mol. The number of hydrogen-bond acceptors (Lipinski definition) is 2. The molecule has 0 saturated carbocycles. The number of aliphatic carboxylic acids is 1. The second-order valence-electron chi connectivity index (χ2n) is 6.31. The summed E-state index contributed by atoms with van der Waals surface area (Å²) in [7, 11) is 0. The van der Waals surface area contributed by atoms with Gasteiger partial charge in [-0.05, 0) is 23.3 Å². The van der Waals surface area contributed by atoms with Gasteiger partial charge in [-0.1, -0.05) is 42.5 Å². The molecule has 0 aromatic heterocycles. The third kappa shape index (κ3) is 6.26. The van der Waals surface area contributed by atoms with E-state index in [1.54, 1.807) is 11.4 Å². The van der Waals surface area contributed by atoms with Crippen LogP contribution in [-0.2, 0) is 11.2 Å². The molecule has 0 saturated heterocycles. The van der Waals surface area contributed by atoms with E-state index in [0.29, 0.717) is 0 Å². The second-order valence-corrected chi connectivity index (χ2v) is 6.31. The Morgan fingerprint density at radius 3 is 2.04 bits per heavy atom. The SMILES string of the molecule is O=C(O)[C@H](CC(F)(F)Cc1ccccc1)N[C@@H](c1ccc(F)cc1)C(F)(F)F. The van der Waals surface area contributed by atoms with Crippen LogP contribution < -0.4 is 5.32 Å². The van der Waals surface area contributed by atoms with Crippen LogP contribution in [0, 0.1) is 5.82 Å². The van der Waals surface area contributed by atoms with E-state index in [4.69, 9.17) is 0 Å². The quantitative estimate of drug-likeness (QED) is 0.624. The van der Waals surface area contributed by atoms with Gasteiger partial charge in [-0.15, -0.1) is 0 Å². The smallest absolute Gasteiger partial charge is 0.407 e. The van der Waals surface area contributed by atoms with Gasteiger partial charge in [0.15, 0.2) is 0 Å². The molecule has 0 aliphatic heterocycles. The summed E-state index contributed by atoms with van der Waals surface area (Å²) in [5, 5.41) is 10.9. The number of carboxylic acid groups (broad SMARTS) is 1. The summed E-state index contributed by atoms with van der Waals surface area (Å²) < 4.78 is 81.7. The predicted molar refractivity (Wildman–Crippen MR) is 89.5 cm³/mol. The Morgan fingerprint density at radius 2 is 1.54 bits per heavy atom. The highest BCUT2D eigenvalue weighted by Gasteiger charge is 2.45. The van der Waals surface area contributed by atoms with Crippen LogP contribution in [0.3, 0.4) is 0 Å². The lowest BCUT2D eigenvalue weighted by atomic mass is 9.98. The minimum Gasteiger partial charge on any atom is -0.480 e. The van der Waals surface area contributed by atoms with Crippen LogP contribution in [0.2, 0.25) is 0 Å². The number of benzene rings is 2. The summed E-state index contributed by atoms with van der Waals surface area (Å²) in [6, 6.07) is 5.95. The molecular weight excluding hydrogens is 388 g/mol. The van der Waals surface area contributed by atoms with E-state index >= 15 is 0 Å². The average Bonchev–Trinajstić information content (AvgIpc) is 2.58. The minimum atomic E-state index is -4.97. The zero-order valence-corrected chi connectivity index (χ0v) is 14.4. The molecule has 0 aliphatic carbocycles. The van der Waals surface area contributed by atoms with Crippen LogP contribution in [0.1, 0.15) is 23.6 Å². The van der Waals surface area contributed by atoms with Crippen molar-refractivity contribution < 1.29 is 36.2 Å². The van der Waals surface area contributed by atoms with Crippen LogP contribution in [0.15, 0.2) is 54.6 Å². The molecule has 152 valence electrons. The number of rotatable bonds is 8. The highest BCUT2D eigenvalue weighted by Crippen LogP contribution is 2.34. The molecule has 2 atom stereocenters. The first kappa shape index (κ1) is 21.7. The van der Waals surface area contributed by atoms with Crippen molar-refractivity contribution in [1.82, 2.24) is 5.32 Å². The molecule has 0 fully saturated rings. The zero-order chi connectivity index (χ0) is 20.9. The van der Waals surface area contributed by atoms with Crippen LogP contribution >= 0.6 is 0 Å². The molecule has 28 heavy (non-hydrogen) atoms. The first-order valence-corrected chi connectivity index (χ1v) is 8.21. The summed E-state index contributed by atoms with van der Waals surface area (Å²) >= 11 is 0. The molecule has 0 spiro atoms. The molecule has 0 bridgehead atoms. The average molecular weight is 405 g/mol. The molecule has 2 N–H and O–H groups in total. The number of hydrogen-bond donors (Lipinski definition) is 2. The highest BCUT2D eigenvalue weighted by molar-refractivity contribution is 5.73. The first-order valence-electron chi connectivity index (χ1n) is 8.21. The molecule has 9 heteroatoms. The normalized spacial score (nSPS) is 14.5. The van der Waals surface area contributed by atoms with Gasteiger partial charge in [-0.25, -0.2) is 13.2 Å². The van der Waals surface area contributed by atoms with Crippen LogP contribution in [0.5, 0.6) is 0 Å². The molecular formula is C19H17F6NO2.